The van der Waals surface area contributed by atoms with Crippen LogP contribution in [0, 0.1) is 20.8 Å². The van der Waals surface area contributed by atoms with Gasteiger partial charge in [0.1, 0.15) is 0 Å². The molecule has 0 fully saturated rings. The third kappa shape index (κ3) is 10.3. The lowest BCUT2D eigenvalue weighted by molar-refractivity contribution is 0.279. The summed E-state index contributed by atoms with van der Waals surface area (Å²) >= 11 is 0. The number of nitrogens with zero attached hydrogens (tertiary/aromatic N) is 1. The highest BCUT2D eigenvalue weighted by Gasteiger charge is 2.41. The van der Waals surface area contributed by atoms with Gasteiger partial charge in [0.2, 0.25) is 0 Å². The lowest BCUT2D eigenvalue weighted by atomic mass is 9.62. The van der Waals surface area contributed by atoms with Crippen molar-refractivity contribution < 1.29 is 5.11 Å². The van der Waals surface area contributed by atoms with E-state index in [9.17, 15) is 5.11 Å². The molecule has 0 unspecified atom stereocenters. The van der Waals surface area contributed by atoms with Gasteiger partial charge in [-0.15, -0.1) is 0 Å². The van der Waals surface area contributed by atoms with Crippen molar-refractivity contribution in [3.63, 3.8) is 0 Å². The first-order valence-electron chi connectivity index (χ1n) is 19.9. The number of allylic oxidation sites excluding steroid dienone is 13. The highest BCUT2D eigenvalue weighted by Crippen LogP contribution is 2.49. The summed E-state index contributed by atoms with van der Waals surface area (Å²) in [6, 6.07) is 43.0. The van der Waals surface area contributed by atoms with Crippen molar-refractivity contribution in [2.45, 2.75) is 60.5 Å². The molecule has 1 N–H and O–H groups in total. The standard InChI is InChI=1S/C35H32O.C21H27N/c1-25-14-10-12-20-30(25)31-22-23-34(32(24-36)27(31)3)35(28-16-6-4-7-17-28,29-18-8-5-9-19-29)33-21-13-11-15-26(33)2;1-8-12-20(13-9-2)17(5)16-18(6)22-19(7)21(14-10-3)15-11-4/h4-23,36H,24H2,1-3H3;8-16H,1,3,5H2,2,4,6-7H3/b;13-9-,15-11-,18-16-,20-12+,21-14+,22-19-. The Morgan fingerprint density at radius 2 is 1.14 bits per heavy atom. The number of aryl methyl sites for hydroxylation is 2. The van der Waals surface area contributed by atoms with Crippen molar-refractivity contribution in [1.82, 2.24) is 0 Å². The normalized spacial score (nSPS) is 12.7. The molecule has 2 nitrogen and oxygen atoms in total. The van der Waals surface area contributed by atoms with Gasteiger partial charge in [-0.2, -0.15) is 0 Å². The van der Waals surface area contributed by atoms with E-state index in [0.717, 1.165) is 44.8 Å². The molecule has 0 aromatic heterocycles. The van der Waals surface area contributed by atoms with Crippen molar-refractivity contribution in [2.75, 3.05) is 0 Å². The Morgan fingerprint density at radius 3 is 1.67 bits per heavy atom. The van der Waals surface area contributed by atoms with Gasteiger partial charge < -0.3 is 5.11 Å². The smallest absolute Gasteiger partial charge is 0.0707 e. The molecule has 0 amide bonds. The average molecular weight is 762 g/mol. The third-order valence-corrected chi connectivity index (χ3v) is 10.4. The Morgan fingerprint density at radius 1 is 0.621 bits per heavy atom. The number of rotatable bonds is 14. The molecule has 0 aliphatic rings. The molecule has 0 radical (unpaired) electrons. The molecule has 294 valence electrons. The Kier molecular flexibility index (Phi) is 16.7. The summed E-state index contributed by atoms with van der Waals surface area (Å²) in [5.74, 6) is 0. The lowest BCUT2D eigenvalue weighted by Gasteiger charge is -2.39. The van der Waals surface area contributed by atoms with E-state index in [-0.39, 0.29) is 6.61 Å². The number of aliphatic imine (C=N–C) groups is 1. The fraction of sp³-hybridized carbons (Fsp3) is 0.161. The minimum atomic E-state index is -0.582. The first-order chi connectivity index (χ1) is 28.1. The quantitative estimate of drug-likeness (QED) is 0.0682. The van der Waals surface area contributed by atoms with Crippen molar-refractivity contribution in [3.05, 3.63) is 263 Å². The minimum Gasteiger partial charge on any atom is -0.392 e. The van der Waals surface area contributed by atoms with Crippen LogP contribution in [-0.4, -0.2) is 10.8 Å². The maximum Gasteiger partial charge on any atom is 0.0707 e. The van der Waals surface area contributed by atoms with Crippen LogP contribution in [0.15, 0.2) is 223 Å². The molecule has 5 aromatic rings. The predicted molar refractivity (Wildman–Crippen MR) is 253 cm³/mol. The molecular weight excluding hydrogens is 703 g/mol. The highest BCUT2D eigenvalue weighted by atomic mass is 16.3. The van der Waals surface area contributed by atoms with Gasteiger partial charge in [0, 0.05) is 11.4 Å². The molecule has 58 heavy (non-hydrogen) atoms. The zero-order valence-electron chi connectivity index (χ0n) is 35.5. The molecule has 0 saturated carbocycles. The van der Waals surface area contributed by atoms with Crippen LogP contribution in [-0.2, 0) is 12.0 Å². The second kappa shape index (κ2) is 21.8. The molecule has 0 atom stereocenters. The zero-order chi connectivity index (χ0) is 42.1. The summed E-state index contributed by atoms with van der Waals surface area (Å²) in [5.41, 5.74) is 15.9. The number of hydrogen-bond donors (Lipinski definition) is 1. The Labute approximate surface area is 348 Å². The molecule has 5 rings (SSSR count). The van der Waals surface area contributed by atoms with Gasteiger partial charge in [-0.05, 0) is 127 Å². The Balaban J connectivity index is 0.000000293. The zero-order valence-corrected chi connectivity index (χ0v) is 35.5. The van der Waals surface area contributed by atoms with Gasteiger partial charge in [0.25, 0.3) is 0 Å². The van der Waals surface area contributed by atoms with Crippen LogP contribution in [0.25, 0.3) is 11.1 Å². The van der Waals surface area contributed by atoms with Crippen LogP contribution in [0.1, 0.15) is 72.2 Å². The fourth-order valence-electron chi connectivity index (χ4n) is 7.66. The van der Waals surface area contributed by atoms with Crippen molar-refractivity contribution in [1.29, 1.82) is 0 Å². The van der Waals surface area contributed by atoms with E-state index in [1.54, 1.807) is 12.2 Å². The van der Waals surface area contributed by atoms with Gasteiger partial charge in [-0.1, -0.05) is 190 Å². The van der Waals surface area contributed by atoms with E-state index in [2.05, 4.69) is 167 Å². The molecule has 0 heterocycles. The number of benzene rings is 5. The van der Waals surface area contributed by atoms with Crippen LogP contribution < -0.4 is 0 Å². The predicted octanol–water partition coefficient (Wildman–Crippen LogP) is 14.4. The molecule has 0 saturated heterocycles. The average Bonchev–Trinajstić information content (AvgIpc) is 3.23. The van der Waals surface area contributed by atoms with Crippen molar-refractivity contribution >= 4 is 5.71 Å². The van der Waals surface area contributed by atoms with Crippen LogP contribution in [0.5, 0.6) is 0 Å². The second-order valence-corrected chi connectivity index (χ2v) is 14.3. The van der Waals surface area contributed by atoms with Crippen LogP contribution >= 0.6 is 0 Å². The highest BCUT2D eigenvalue weighted by molar-refractivity contribution is 6.01. The van der Waals surface area contributed by atoms with E-state index in [4.69, 9.17) is 0 Å². The minimum absolute atomic E-state index is 0.0335. The summed E-state index contributed by atoms with van der Waals surface area (Å²) in [5, 5.41) is 10.9. The Bertz CT molecular complexity index is 2340. The molecule has 0 spiro atoms. The van der Waals surface area contributed by atoms with Gasteiger partial charge in [-0.25, -0.2) is 0 Å². The lowest BCUT2D eigenvalue weighted by Crippen LogP contribution is -2.33. The van der Waals surface area contributed by atoms with E-state index >= 15 is 0 Å². The molecule has 0 aliphatic heterocycles. The van der Waals surface area contributed by atoms with Gasteiger partial charge >= 0.3 is 0 Å². The number of hydrogen-bond acceptors (Lipinski definition) is 2. The molecule has 0 aliphatic carbocycles. The largest absolute Gasteiger partial charge is 0.392 e. The first kappa shape index (κ1) is 44.4. The topological polar surface area (TPSA) is 32.6 Å². The summed E-state index contributed by atoms with van der Waals surface area (Å²) in [6.07, 6.45) is 17.4. The van der Waals surface area contributed by atoms with E-state index < -0.39 is 5.41 Å². The van der Waals surface area contributed by atoms with Crippen molar-refractivity contribution in [3.8, 4) is 11.1 Å². The summed E-state index contributed by atoms with van der Waals surface area (Å²) in [7, 11) is 0. The molecule has 5 aromatic carbocycles. The molecule has 0 bridgehead atoms. The van der Waals surface area contributed by atoms with Crippen molar-refractivity contribution in [2.24, 2.45) is 4.99 Å². The van der Waals surface area contributed by atoms with Gasteiger partial charge in [0.15, 0.2) is 0 Å². The maximum absolute atomic E-state index is 10.9. The fourth-order valence-corrected chi connectivity index (χ4v) is 7.66. The third-order valence-electron chi connectivity index (χ3n) is 10.4. The van der Waals surface area contributed by atoms with Crippen LogP contribution in [0.4, 0.5) is 0 Å². The van der Waals surface area contributed by atoms with Gasteiger partial charge in [0.05, 0.1) is 12.0 Å². The maximum atomic E-state index is 10.9. The van der Waals surface area contributed by atoms with E-state index in [1.807, 2.05) is 70.2 Å². The Hall–Kier alpha value is -6.35. The SMILES string of the molecule is C=C/C=C(\C=C/C)C(=C)\C=C(C)/N=C(C)\C(\C=C/C)=C\C=C.Cc1ccccc1-c1ccc(C(c2ccccc2)(c2ccccc2)c2ccccc2C)c(CO)c1C. The van der Waals surface area contributed by atoms with E-state index in [1.165, 1.54) is 38.9 Å². The van der Waals surface area contributed by atoms with E-state index in [0.29, 0.717) is 0 Å². The summed E-state index contributed by atoms with van der Waals surface area (Å²) in [6.45, 7) is 25.9. The van der Waals surface area contributed by atoms with Crippen LogP contribution in [0.3, 0.4) is 0 Å². The summed E-state index contributed by atoms with van der Waals surface area (Å²) in [4.78, 5) is 4.63. The summed E-state index contributed by atoms with van der Waals surface area (Å²) < 4.78 is 0. The first-order valence-corrected chi connectivity index (χ1v) is 19.9. The molecular formula is C56H59NO. The number of aliphatic hydroxyl groups is 1. The van der Waals surface area contributed by atoms with Crippen LogP contribution in [0.2, 0.25) is 0 Å². The molecule has 2 heteroatoms. The van der Waals surface area contributed by atoms with Gasteiger partial charge in [-0.3, -0.25) is 4.99 Å². The number of aliphatic hydroxyl groups excluding tert-OH is 1. The second-order valence-electron chi connectivity index (χ2n) is 14.3. The monoisotopic (exact) mass is 761 g/mol.